The zero-order valence-electron chi connectivity index (χ0n) is 10.2. The fourth-order valence-electron chi connectivity index (χ4n) is 2.46. The number of aryl methyl sites for hydroxylation is 1. The van der Waals surface area contributed by atoms with Crippen molar-refractivity contribution in [3.63, 3.8) is 0 Å². The van der Waals surface area contributed by atoms with Crippen LogP contribution in [-0.4, -0.2) is 18.3 Å². The lowest BCUT2D eigenvalue weighted by molar-refractivity contribution is 0.230. The number of hydrogen-bond acceptors (Lipinski definition) is 2. The molecule has 1 aliphatic rings. The van der Waals surface area contributed by atoms with E-state index in [9.17, 15) is 0 Å². The Morgan fingerprint density at radius 3 is 3.06 bits per heavy atom. The molecule has 0 aliphatic heterocycles. The molecule has 0 radical (unpaired) electrons. The molecule has 1 aromatic rings. The van der Waals surface area contributed by atoms with E-state index in [0.29, 0.717) is 12.0 Å². The highest BCUT2D eigenvalue weighted by molar-refractivity contribution is 5.40. The number of benzene rings is 1. The second-order valence-electron chi connectivity index (χ2n) is 4.93. The first-order valence-electron chi connectivity index (χ1n) is 6.15. The maximum Gasteiger partial charge on any atom is 0.0468 e. The SMILES string of the molecule is Cc1cccc2c1CCC2NCC(C)CO. The Bertz CT molecular complexity index is 362. The van der Waals surface area contributed by atoms with Crippen molar-refractivity contribution in [1.82, 2.24) is 5.32 Å². The Hall–Kier alpha value is -0.860. The van der Waals surface area contributed by atoms with Crippen LogP contribution in [0.5, 0.6) is 0 Å². The highest BCUT2D eigenvalue weighted by Crippen LogP contribution is 2.32. The number of nitrogens with one attached hydrogen (secondary N) is 1. The molecular formula is C14H21NO. The fraction of sp³-hybridized carbons (Fsp3) is 0.571. The van der Waals surface area contributed by atoms with Gasteiger partial charge in [0.15, 0.2) is 0 Å². The van der Waals surface area contributed by atoms with Gasteiger partial charge in [-0.15, -0.1) is 0 Å². The smallest absolute Gasteiger partial charge is 0.0468 e. The van der Waals surface area contributed by atoms with Gasteiger partial charge < -0.3 is 10.4 Å². The van der Waals surface area contributed by atoms with E-state index in [1.54, 1.807) is 0 Å². The van der Waals surface area contributed by atoms with Crippen LogP contribution in [0, 0.1) is 12.8 Å². The van der Waals surface area contributed by atoms with Crippen LogP contribution in [0.15, 0.2) is 18.2 Å². The quantitative estimate of drug-likeness (QED) is 0.813. The van der Waals surface area contributed by atoms with Crippen LogP contribution in [0.25, 0.3) is 0 Å². The number of fused-ring (bicyclic) bond motifs is 1. The molecule has 0 amide bonds. The number of aliphatic hydroxyl groups excluding tert-OH is 1. The van der Waals surface area contributed by atoms with Gasteiger partial charge >= 0.3 is 0 Å². The lowest BCUT2D eigenvalue weighted by Crippen LogP contribution is -2.26. The highest BCUT2D eigenvalue weighted by atomic mass is 16.3. The van der Waals surface area contributed by atoms with E-state index in [-0.39, 0.29) is 6.61 Å². The Morgan fingerprint density at radius 1 is 1.50 bits per heavy atom. The normalized spacial score (nSPS) is 20.8. The monoisotopic (exact) mass is 219 g/mol. The van der Waals surface area contributed by atoms with Gasteiger partial charge in [0.25, 0.3) is 0 Å². The van der Waals surface area contributed by atoms with Gasteiger partial charge in [0.1, 0.15) is 0 Å². The molecule has 1 aliphatic carbocycles. The molecule has 2 nitrogen and oxygen atoms in total. The van der Waals surface area contributed by atoms with E-state index in [1.807, 2.05) is 0 Å². The van der Waals surface area contributed by atoms with Crippen LogP contribution >= 0.6 is 0 Å². The molecule has 2 N–H and O–H groups in total. The summed E-state index contributed by atoms with van der Waals surface area (Å²) in [5.74, 6) is 0.342. The van der Waals surface area contributed by atoms with E-state index in [1.165, 1.54) is 29.5 Å². The van der Waals surface area contributed by atoms with Gasteiger partial charge in [0, 0.05) is 19.2 Å². The van der Waals surface area contributed by atoms with Gasteiger partial charge in [-0.2, -0.15) is 0 Å². The van der Waals surface area contributed by atoms with E-state index < -0.39 is 0 Å². The second-order valence-corrected chi connectivity index (χ2v) is 4.93. The third-order valence-electron chi connectivity index (χ3n) is 3.53. The Kier molecular flexibility index (Phi) is 3.62. The first-order valence-corrected chi connectivity index (χ1v) is 6.15. The third kappa shape index (κ3) is 2.28. The van der Waals surface area contributed by atoms with Crippen molar-refractivity contribution in [1.29, 1.82) is 0 Å². The van der Waals surface area contributed by atoms with Crippen molar-refractivity contribution in [3.05, 3.63) is 34.9 Å². The van der Waals surface area contributed by atoms with Gasteiger partial charge in [-0.05, 0) is 42.4 Å². The Morgan fingerprint density at radius 2 is 2.31 bits per heavy atom. The molecule has 2 unspecified atom stereocenters. The molecule has 1 aromatic carbocycles. The molecule has 2 atom stereocenters. The van der Waals surface area contributed by atoms with E-state index in [2.05, 4.69) is 37.4 Å². The minimum absolute atomic E-state index is 0.264. The number of aliphatic hydroxyl groups is 1. The maximum absolute atomic E-state index is 9.01. The molecule has 2 heteroatoms. The van der Waals surface area contributed by atoms with Crippen LogP contribution in [0.1, 0.15) is 36.1 Å². The summed E-state index contributed by atoms with van der Waals surface area (Å²) >= 11 is 0. The zero-order valence-corrected chi connectivity index (χ0v) is 10.2. The van der Waals surface area contributed by atoms with Crippen molar-refractivity contribution in [2.75, 3.05) is 13.2 Å². The van der Waals surface area contributed by atoms with Crippen molar-refractivity contribution in [3.8, 4) is 0 Å². The van der Waals surface area contributed by atoms with Crippen molar-refractivity contribution < 1.29 is 5.11 Å². The summed E-state index contributed by atoms with van der Waals surface area (Å²) in [6.45, 7) is 5.42. The van der Waals surface area contributed by atoms with Gasteiger partial charge in [0.05, 0.1) is 0 Å². The summed E-state index contributed by atoms with van der Waals surface area (Å²) in [5, 5.41) is 12.6. The predicted octanol–water partition coefficient (Wildman–Crippen LogP) is 2.20. The molecule has 0 saturated heterocycles. The van der Waals surface area contributed by atoms with Crippen LogP contribution in [-0.2, 0) is 6.42 Å². The predicted molar refractivity (Wildman–Crippen MR) is 66.5 cm³/mol. The summed E-state index contributed by atoms with van der Waals surface area (Å²) < 4.78 is 0. The van der Waals surface area contributed by atoms with Gasteiger partial charge in [-0.25, -0.2) is 0 Å². The van der Waals surface area contributed by atoms with E-state index in [4.69, 9.17) is 5.11 Å². The molecule has 0 bridgehead atoms. The molecule has 0 spiro atoms. The molecular weight excluding hydrogens is 198 g/mol. The Balaban J connectivity index is 2.03. The molecule has 0 fully saturated rings. The van der Waals surface area contributed by atoms with Gasteiger partial charge in [0.2, 0.25) is 0 Å². The Labute approximate surface area is 97.7 Å². The summed E-state index contributed by atoms with van der Waals surface area (Å²) in [7, 11) is 0. The van der Waals surface area contributed by atoms with Crippen molar-refractivity contribution in [2.45, 2.75) is 32.7 Å². The van der Waals surface area contributed by atoms with E-state index in [0.717, 1.165) is 6.54 Å². The highest BCUT2D eigenvalue weighted by Gasteiger charge is 2.22. The summed E-state index contributed by atoms with van der Waals surface area (Å²) in [6, 6.07) is 7.06. The van der Waals surface area contributed by atoms with Gasteiger partial charge in [-0.3, -0.25) is 0 Å². The molecule has 0 aromatic heterocycles. The molecule has 2 rings (SSSR count). The minimum atomic E-state index is 0.264. The van der Waals surface area contributed by atoms with E-state index >= 15 is 0 Å². The second kappa shape index (κ2) is 4.98. The lowest BCUT2D eigenvalue weighted by Gasteiger charge is -2.17. The summed E-state index contributed by atoms with van der Waals surface area (Å²) in [6.07, 6.45) is 2.38. The van der Waals surface area contributed by atoms with Crippen LogP contribution in [0.3, 0.4) is 0 Å². The summed E-state index contributed by atoms with van der Waals surface area (Å²) in [4.78, 5) is 0. The van der Waals surface area contributed by atoms with Crippen LogP contribution in [0.4, 0.5) is 0 Å². The first kappa shape index (κ1) is 11.6. The molecule has 88 valence electrons. The summed E-state index contributed by atoms with van der Waals surface area (Å²) in [5.41, 5.74) is 4.40. The van der Waals surface area contributed by atoms with Crippen molar-refractivity contribution in [2.24, 2.45) is 5.92 Å². The average Bonchev–Trinajstić information content (AvgIpc) is 2.70. The standard InChI is InChI=1S/C14H21NO/c1-10(9-16)8-15-14-7-6-12-11(2)4-3-5-13(12)14/h3-5,10,14-16H,6-9H2,1-2H3. The van der Waals surface area contributed by atoms with Gasteiger partial charge in [-0.1, -0.05) is 25.1 Å². The average molecular weight is 219 g/mol. The number of hydrogen-bond donors (Lipinski definition) is 2. The van der Waals surface area contributed by atoms with Crippen LogP contribution in [0.2, 0.25) is 0 Å². The van der Waals surface area contributed by atoms with Crippen molar-refractivity contribution >= 4 is 0 Å². The molecule has 0 saturated carbocycles. The molecule has 16 heavy (non-hydrogen) atoms. The minimum Gasteiger partial charge on any atom is -0.396 e. The van der Waals surface area contributed by atoms with Crippen LogP contribution < -0.4 is 5.32 Å². The lowest BCUT2D eigenvalue weighted by atomic mass is 10.0. The fourth-order valence-corrected chi connectivity index (χ4v) is 2.46. The number of rotatable bonds is 4. The first-order chi connectivity index (χ1) is 7.72. The maximum atomic E-state index is 9.01. The largest absolute Gasteiger partial charge is 0.396 e. The zero-order chi connectivity index (χ0) is 11.5. The topological polar surface area (TPSA) is 32.3 Å². The third-order valence-corrected chi connectivity index (χ3v) is 3.53. The molecule has 0 heterocycles.